The van der Waals surface area contributed by atoms with Gasteiger partial charge in [0.25, 0.3) is 0 Å². The van der Waals surface area contributed by atoms with Crippen LogP contribution in [-0.4, -0.2) is 31.6 Å². The lowest BCUT2D eigenvalue weighted by Crippen LogP contribution is -2.41. The van der Waals surface area contributed by atoms with E-state index < -0.39 is 11.4 Å². The lowest BCUT2D eigenvalue weighted by Gasteiger charge is -2.39. The average Bonchev–Trinajstić information content (AvgIpc) is 2.18. The largest absolute Gasteiger partial charge is 0.481 e. The van der Waals surface area contributed by atoms with Crippen LogP contribution in [0.2, 0.25) is 0 Å². The molecule has 1 atom stereocenters. The normalized spacial score (nSPS) is 16.2. The van der Waals surface area contributed by atoms with Crippen molar-refractivity contribution >= 4 is 5.97 Å². The second-order valence-electron chi connectivity index (χ2n) is 5.18. The Bertz CT molecular complexity index is 233. The maximum absolute atomic E-state index is 11.1. The molecule has 0 aromatic rings. The summed E-state index contributed by atoms with van der Waals surface area (Å²) in [4.78, 5) is 11.1. The van der Waals surface area contributed by atoms with Crippen LogP contribution in [0.1, 0.15) is 40.5 Å². The lowest BCUT2D eigenvalue weighted by molar-refractivity contribution is -0.187. The van der Waals surface area contributed by atoms with Crippen LogP contribution in [0.15, 0.2) is 0 Å². The fraction of sp³-hybridized carbons (Fsp3) is 0.917. The summed E-state index contributed by atoms with van der Waals surface area (Å²) in [5, 5.41) is 9.15. The minimum absolute atomic E-state index is 0.300. The number of rotatable bonds is 7. The summed E-state index contributed by atoms with van der Waals surface area (Å²) in [7, 11) is 3.16. The average molecular weight is 232 g/mol. The van der Waals surface area contributed by atoms with Crippen LogP contribution in [0, 0.1) is 10.8 Å². The van der Waals surface area contributed by atoms with Crippen molar-refractivity contribution < 1.29 is 19.4 Å². The predicted molar refractivity (Wildman–Crippen MR) is 62.2 cm³/mol. The first-order valence-corrected chi connectivity index (χ1v) is 5.52. The van der Waals surface area contributed by atoms with E-state index in [1.54, 1.807) is 28.1 Å². The van der Waals surface area contributed by atoms with Crippen LogP contribution in [0.5, 0.6) is 0 Å². The fourth-order valence-corrected chi connectivity index (χ4v) is 2.13. The molecule has 4 heteroatoms. The van der Waals surface area contributed by atoms with E-state index in [1.165, 1.54) is 0 Å². The van der Waals surface area contributed by atoms with Crippen molar-refractivity contribution in [1.82, 2.24) is 0 Å². The van der Waals surface area contributed by atoms with Gasteiger partial charge in [-0.15, -0.1) is 0 Å². The maximum Gasteiger partial charge on any atom is 0.309 e. The molecule has 0 aliphatic rings. The van der Waals surface area contributed by atoms with Gasteiger partial charge in [-0.25, -0.2) is 0 Å². The molecule has 0 heterocycles. The highest BCUT2D eigenvalue weighted by Gasteiger charge is 2.41. The smallest absolute Gasteiger partial charge is 0.309 e. The van der Waals surface area contributed by atoms with Gasteiger partial charge in [0.1, 0.15) is 0 Å². The van der Waals surface area contributed by atoms with Crippen LogP contribution < -0.4 is 0 Å². The molecule has 0 radical (unpaired) electrons. The summed E-state index contributed by atoms with van der Waals surface area (Å²) in [5.74, 6) is -0.793. The summed E-state index contributed by atoms with van der Waals surface area (Å²) in [6, 6.07) is 0. The topological polar surface area (TPSA) is 55.8 Å². The van der Waals surface area contributed by atoms with Gasteiger partial charge in [0, 0.05) is 19.6 Å². The molecular formula is C12H24O4. The van der Waals surface area contributed by atoms with E-state index in [-0.39, 0.29) is 11.7 Å². The highest BCUT2D eigenvalue weighted by Crippen LogP contribution is 2.40. The predicted octanol–water partition coefficient (Wildman–Crippen LogP) is 2.52. The van der Waals surface area contributed by atoms with Crippen molar-refractivity contribution in [1.29, 1.82) is 0 Å². The molecule has 0 aromatic heterocycles. The molecule has 0 aliphatic carbocycles. The van der Waals surface area contributed by atoms with Crippen LogP contribution in [0.4, 0.5) is 0 Å². The number of carboxylic acids is 1. The van der Waals surface area contributed by atoms with Crippen molar-refractivity contribution in [2.24, 2.45) is 10.8 Å². The van der Waals surface area contributed by atoms with Crippen LogP contribution in [-0.2, 0) is 14.3 Å². The van der Waals surface area contributed by atoms with Gasteiger partial charge in [-0.1, -0.05) is 13.8 Å². The van der Waals surface area contributed by atoms with Crippen molar-refractivity contribution in [3.63, 3.8) is 0 Å². The molecular weight excluding hydrogens is 208 g/mol. The number of methoxy groups -OCH3 is 2. The molecule has 1 unspecified atom stereocenters. The van der Waals surface area contributed by atoms with E-state index in [1.807, 2.05) is 13.8 Å². The van der Waals surface area contributed by atoms with Gasteiger partial charge in [0.05, 0.1) is 5.41 Å². The SMILES string of the molecule is CCC(C)(CC(C)(C)C(=O)O)C(OC)OC. The highest BCUT2D eigenvalue weighted by atomic mass is 16.7. The first kappa shape index (κ1) is 15.4. The number of carbonyl (C=O) groups is 1. The Morgan fingerprint density at radius 2 is 1.69 bits per heavy atom. The number of aliphatic carboxylic acids is 1. The van der Waals surface area contributed by atoms with Crippen LogP contribution >= 0.6 is 0 Å². The molecule has 0 aliphatic heterocycles. The molecule has 0 spiro atoms. The zero-order chi connectivity index (χ0) is 13.0. The summed E-state index contributed by atoms with van der Waals surface area (Å²) >= 11 is 0. The minimum atomic E-state index is -0.793. The van der Waals surface area contributed by atoms with Crippen molar-refractivity contribution in [2.75, 3.05) is 14.2 Å². The molecule has 1 N–H and O–H groups in total. The minimum Gasteiger partial charge on any atom is -0.481 e. The first-order valence-electron chi connectivity index (χ1n) is 5.52. The second-order valence-corrected chi connectivity index (χ2v) is 5.18. The van der Waals surface area contributed by atoms with Gasteiger partial charge in [0.15, 0.2) is 6.29 Å². The molecule has 16 heavy (non-hydrogen) atoms. The van der Waals surface area contributed by atoms with E-state index in [2.05, 4.69) is 0 Å². The Balaban J connectivity index is 4.91. The molecule has 0 rings (SSSR count). The zero-order valence-electron chi connectivity index (χ0n) is 11.2. The highest BCUT2D eigenvalue weighted by molar-refractivity contribution is 5.73. The zero-order valence-corrected chi connectivity index (χ0v) is 11.2. The molecule has 4 nitrogen and oxygen atoms in total. The number of hydrogen-bond donors (Lipinski definition) is 1. The molecule has 0 bridgehead atoms. The molecule has 0 fully saturated rings. The number of hydrogen-bond acceptors (Lipinski definition) is 3. The quantitative estimate of drug-likeness (QED) is 0.685. The van der Waals surface area contributed by atoms with Gasteiger partial charge in [-0.3, -0.25) is 4.79 Å². The van der Waals surface area contributed by atoms with E-state index in [0.29, 0.717) is 6.42 Å². The second kappa shape index (κ2) is 5.64. The van der Waals surface area contributed by atoms with Crippen molar-refractivity contribution in [2.45, 2.75) is 46.8 Å². The molecule has 0 aromatic carbocycles. The Morgan fingerprint density at radius 1 is 1.25 bits per heavy atom. The van der Waals surface area contributed by atoms with Gasteiger partial charge in [0.2, 0.25) is 0 Å². The Labute approximate surface area is 97.9 Å². The summed E-state index contributed by atoms with van der Waals surface area (Å²) in [6.45, 7) is 7.47. The fourth-order valence-electron chi connectivity index (χ4n) is 2.13. The van der Waals surface area contributed by atoms with Gasteiger partial charge >= 0.3 is 5.97 Å². The molecule has 0 saturated heterocycles. The van der Waals surface area contributed by atoms with E-state index in [4.69, 9.17) is 14.6 Å². The van der Waals surface area contributed by atoms with Crippen LogP contribution in [0.25, 0.3) is 0 Å². The molecule has 96 valence electrons. The number of carboxylic acid groups (broad SMARTS) is 1. The Morgan fingerprint density at radius 3 is 1.94 bits per heavy atom. The Kier molecular flexibility index (Phi) is 5.42. The van der Waals surface area contributed by atoms with Crippen molar-refractivity contribution in [3.8, 4) is 0 Å². The monoisotopic (exact) mass is 232 g/mol. The van der Waals surface area contributed by atoms with Crippen molar-refractivity contribution in [3.05, 3.63) is 0 Å². The maximum atomic E-state index is 11.1. The third kappa shape index (κ3) is 3.46. The molecule has 0 amide bonds. The van der Waals surface area contributed by atoms with E-state index in [0.717, 1.165) is 6.42 Å². The number of ether oxygens (including phenoxy) is 2. The van der Waals surface area contributed by atoms with Gasteiger partial charge < -0.3 is 14.6 Å². The van der Waals surface area contributed by atoms with Gasteiger partial charge in [-0.05, 0) is 26.7 Å². The third-order valence-corrected chi connectivity index (χ3v) is 3.23. The lowest BCUT2D eigenvalue weighted by atomic mass is 9.72. The summed E-state index contributed by atoms with van der Waals surface area (Å²) in [6.07, 6.45) is 0.935. The summed E-state index contributed by atoms with van der Waals surface area (Å²) < 4.78 is 10.5. The summed E-state index contributed by atoms with van der Waals surface area (Å²) in [5.41, 5.74) is -1.08. The van der Waals surface area contributed by atoms with E-state index >= 15 is 0 Å². The van der Waals surface area contributed by atoms with Gasteiger partial charge in [-0.2, -0.15) is 0 Å². The Hall–Kier alpha value is -0.610. The van der Waals surface area contributed by atoms with E-state index in [9.17, 15) is 4.79 Å². The van der Waals surface area contributed by atoms with Crippen LogP contribution in [0.3, 0.4) is 0 Å². The first-order chi connectivity index (χ1) is 7.23. The standard InChI is InChI=1S/C12H24O4/c1-7-12(4,10(15-5)16-6)8-11(2,3)9(13)14/h10H,7-8H2,1-6H3,(H,13,14). The molecule has 0 saturated carbocycles. The third-order valence-electron chi connectivity index (χ3n) is 3.23.